The van der Waals surface area contributed by atoms with Crippen molar-refractivity contribution in [3.8, 4) is 0 Å². The van der Waals surface area contributed by atoms with Crippen molar-refractivity contribution in [3.63, 3.8) is 0 Å². The Morgan fingerprint density at radius 2 is 1.96 bits per heavy atom. The number of hydrogen-bond acceptors (Lipinski definition) is 4. The Balaban J connectivity index is 1.55. The van der Waals surface area contributed by atoms with Gasteiger partial charge >= 0.3 is 5.97 Å². The van der Waals surface area contributed by atoms with E-state index in [1.165, 1.54) is 7.11 Å². The third kappa shape index (κ3) is 1.37. The molecule has 1 aromatic rings. The molecular formula is C20H22O4. The van der Waals surface area contributed by atoms with Gasteiger partial charge in [0.15, 0.2) is 0 Å². The van der Waals surface area contributed by atoms with E-state index < -0.39 is 11.0 Å². The Morgan fingerprint density at radius 3 is 2.62 bits per heavy atom. The summed E-state index contributed by atoms with van der Waals surface area (Å²) in [6, 6.07) is 9.98. The zero-order chi connectivity index (χ0) is 16.6. The second kappa shape index (κ2) is 4.48. The Labute approximate surface area is 141 Å². The fourth-order valence-electron chi connectivity index (χ4n) is 6.33. The summed E-state index contributed by atoms with van der Waals surface area (Å²) in [7, 11) is 1.44. The maximum atomic E-state index is 13.0. The lowest BCUT2D eigenvalue weighted by Crippen LogP contribution is -2.40. The van der Waals surface area contributed by atoms with Gasteiger partial charge in [0.25, 0.3) is 0 Å². The summed E-state index contributed by atoms with van der Waals surface area (Å²) in [4.78, 5) is 25.9. The predicted octanol–water partition coefficient (Wildman–Crippen LogP) is 2.89. The van der Waals surface area contributed by atoms with Crippen LogP contribution in [0.2, 0.25) is 0 Å². The third-order valence-electron chi connectivity index (χ3n) is 7.24. The molecule has 0 unspecified atom stereocenters. The van der Waals surface area contributed by atoms with E-state index in [2.05, 4.69) is 0 Å². The van der Waals surface area contributed by atoms with Gasteiger partial charge in [0, 0.05) is 5.92 Å². The van der Waals surface area contributed by atoms with Crippen LogP contribution in [0.3, 0.4) is 0 Å². The van der Waals surface area contributed by atoms with Crippen molar-refractivity contribution >= 4 is 11.8 Å². The summed E-state index contributed by atoms with van der Waals surface area (Å²) in [6.45, 7) is 0.449. The van der Waals surface area contributed by atoms with Crippen molar-refractivity contribution in [1.82, 2.24) is 0 Å². The van der Waals surface area contributed by atoms with Gasteiger partial charge < -0.3 is 9.47 Å². The van der Waals surface area contributed by atoms with Gasteiger partial charge in [0.2, 0.25) is 0 Å². The van der Waals surface area contributed by atoms with Crippen LogP contribution >= 0.6 is 0 Å². The number of Topliss-reactive ketones (excluding diaryl/α,β-unsaturated/α-hetero) is 1. The molecule has 126 valence electrons. The van der Waals surface area contributed by atoms with Gasteiger partial charge in [-0.25, -0.2) is 0 Å². The number of ether oxygens (including phenoxy) is 2. The molecule has 4 nitrogen and oxygen atoms in total. The fourth-order valence-corrected chi connectivity index (χ4v) is 6.33. The summed E-state index contributed by atoms with van der Waals surface area (Å²) < 4.78 is 11.6. The average Bonchev–Trinajstić information content (AvgIpc) is 3.48. The molecule has 24 heavy (non-hydrogen) atoms. The van der Waals surface area contributed by atoms with E-state index in [1.807, 2.05) is 30.3 Å². The smallest absolute Gasteiger partial charge is 0.316 e. The van der Waals surface area contributed by atoms with E-state index in [-0.39, 0.29) is 29.0 Å². The number of esters is 1. The lowest BCUT2D eigenvalue weighted by atomic mass is 9.76. The number of fused-ring (bicyclic) bond motifs is 2. The molecule has 0 amide bonds. The summed E-state index contributed by atoms with van der Waals surface area (Å²) in [5, 5.41) is 0. The molecule has 4 atom stereocenters. The Kier molecular flexibility index (Phi) is 2.73. The lowest BCUT2D eigenvalue weighted by molar-refractivity contribution is -0.157. The van der Waals surface area contributed by atoms with E-state index in [4.69, 9.17) is 9.47 Å². The van der Waals surface area contributed by atoms with Crippen LogP contribution in [0, 0.1) is 22.7 Å². The van der Waals surface area contributed by atoms with Crippen molar-refractivity contribution in [2.75, 3.05) is 7.11 Å². The van der Waals surface area contributed by atoms with Crippen molar-refractivity contribution in [2.45, 2.75) is 44.3 Å². The van der Waals surface area contributed by atoms with E-state index >= 15 is 0 Å². The molecule has 5 aliphatic rings. The molecule has 1 spiro atoms. The molecule has 0 radical (unpaired) electrons. The van der Waals surface area contributed by atoms with Crippen LogP contribution in [0.1, 0.15) is 37.7 Å². The number of methoxy groups -OCH3 is 1. The topological polar surface area (TPSA) is 52.6 Å². The number of carbonyl (C=O) groups is 2. The highest BCUT2D eigenvalue weighted by atomic mass is 16.5. The van der Waals surface area contributed by atoms with E-state index in [0.717, 1.165) is 37.7 Å². The second-order valence-electron chi connectivity index (χ2n) is 7.90. The zero-order valence-corrected chi connectivity index (χ0v) is 13.9. The van der Waals surface area contributed by atoms with Crippen molar-refractivity contribution < 1.29 is 19.1 Å². The summed E-state index contributed by atoms with van der Waals surface area (Å²) in [5.74, 6) is -0.173. The first-order valence-corrected chi connectivity index (χ1v) is 8.94. The number of hydrogen-bond donors (Lipinski definition) is 0. The monoisotopic (exact) mass is 326 g/mol. The molecular weight excluding hydrogens is 304 g/mol. The van der Waals surface area contributed by atoms with Gasteiger partial charge in [-0.2, -0.15) is 0 Å². The van der Waals surface area contributed by atoms with Gasteiger partial charge in [-0.3, -0.25) is 9.59 Å². The van der Waals surface area contributed by atoms with Gasteiger partial charge in [0.1, 0.15) is 11.2 Å². The molecule has 5 saturated carbocycles. The molecule has 0 saturated heterocycles. The third-order valence-corrected chi connectivity index (χ3v) is 7.24. The largest absolute Gasteiger partial charge is 0.468 e. The molecule has 1 aromatic carbocycles. The van der Waals surface area contributed by atoms with Crippen molar-refractivity contribution in [3.05, 3.63) is 35.9 Å². The normalized spacial score (nSPS) is 40.3. The van der Waals surface area contributed by atoms with E-state index in [0.29, 0.717) is 6.61 Å². The van der Waals surface area contributed by atoms with E-state index in [9.17, 15) is 9.59 Å². The molecule has 0 aromatic heterocycles. The van der Waals surface area contributed by atoms with Crippen molar-refractivity contribution in [1.29, 1.82) is 0 Å². The molecule has 5 aliphatic carbocycles. The highest BCUT2D eigenvalue weighted by Gasteiger charge is 2.98. The number of ketones is 1. The predicted molar refractivity (Wildman–Crippen MR) is 85.9 cm³/mol. The van der Waals surface area contributed by atoms with Crippen LogP contribution in [-0.2, 0) is 25.7 Å². The summed E-state index contributed by atoms with van der Waals surface area (Å²) >= 11 is 0. The van der Waals surface area contributed by atoms with Crippen molar-refractivity contribution in [2.24, 2.45) is 22.7 Å². The molecule has 4 heteroatoms. The van der Waals surface area contributed by atoms with Crippen LogP contribution in [0.15, 0.2) is 30.3 Å². The van der Waals surface area contributed by atoms with Crippen LogP contribution in [0.4, 0.5) is 0 Å². The number of carbonyl (C=O) groups excluding carboxylic acids is 2. The van der Waals surface area contributed by atoms with Crippen LogP contribution in [-0.4, -0.2) is 24.5 Å². The molecule has 6 rings (SSSR count). The second-order valence-corrected chi connectivity index (χ2v) is 7.90. The van der Waals surface area contributed by atoms with Crippen LogP contribution in [0.25, 0.3) is 0 Å². The van der Waals surface area contributed by atoms with Crippen LogP contribution < -0.4 is 0 Å². The zero-order valence-electron chi connectivity index (χ0n) is 13.9. The summed E-state index contributed by atoms with van der Waals surface area (Å²) in [6.07, 6.45) is 4.59. The molecule has 4 bridgehead atoms. The Hall–Kier alpha value is -1.68. The number of benzene rings is 1. The van der Waals surface area contributed by atoms with Gasteiger partial charge in [-0.05, 0) is 43.1 Å². The first-order valence-electron chi connectivity index (χ1n) is 8.94. The highest BCUT2D eigenvalue weighted by molar-refractivity contribution is 6.05. The molecule has 5 fully saturated rings. The maximum Gasteiger partial charge on any atom is 0.316 e. The summed E-state index contributed by atoms with van der Waals surface area (Å²) in [5.41, 5.74) is -0.428. The first kappa shape index (κ1) is 14.6. The minimum atomic E-state index is -0.707. The SMILES string of the molecule is COC(=O)[C@]12[C@H]3C(=O)[C@H](CCC[C@]31OCc1ccccc1)C21CC1. The molecule has 0 N–H and O–H groups in total. The molecule has 0 aliphatic heterocycles. The van der Waals surface area contributed by atoms with E-state index in [1.54, 1.807) is 0 Å². The standard InChI is InChI=1S/C20H22O4/c1-23-17(22)20-16-15(21)14(18(20)10-11-18)8-5-9-19(16,20)24-12-13-6-3-2-4-7-13/h2-4,6-7,14,16H,5,8-12H2,1H3/t14-,16-,19-,20-/m0/s1. The quantitative estimate of drug-likeness (QED) is 0.798. The molecule has 0 heterocycles. The maximum absolute atomic E-state index is 13.0. The first-order chi connectivity index (χ1) is 11.6. The van der Waals surface area contributed by atoms with Gasteiger partial charge in [-0.1, -0.05) is 30.3 Å². The van der Waals surface area contributed by atoms with Gasteiger partial charge in [0.05, 0.1) is 25.2 Å². The van der Waals surface area contributed by atoms with Crippen LogP contribution in [0.5, 0.6) is 0 Å². The highest BCUT2D eigenvalue weighted by Crippen LogP contribution is 2.89. The Morgan fingerprint density at radius 1 is 1.21 bits per heavy atom. The van der Waals surface area contributed by atoms with Gasteiger partial charge in [-0.15, -0.1) is 0 Å². The Bertz CT molecular complexity index is 722. The lowest BCUT2D eigenvalue weighted by Gasteiger charge is -2.31. The fraction of sp³-hybridized carbons (Fsp3) is 0.600. The average molecular weight is 326 g/mol. The number of rotatable bonds is 4. The minimum Gasteiger partial charge on any atom is -0.468 e. The minimum absolute atomic E-state index is 0.0533.